The number of benzene rings is 1. The van der Waals surface area contributed by atoms with Crippen LogP contribution in [0.1, 0.15) is 58.9 Å². The first kappa shape index (κ1) is 23.3. The van der Waals surface area contributed by atoms with Crippen molar-refractivity contribution in [3.05, 3.63) is 88.9 Å². The van der Waals surface area contributed by atoms with Crippen molar-refractivity contribution in [3.8, 4) is 0 Å². The van der Waals surface area contributed by atoms with Gasteiger partial charge in [-0.3, -0.25) is 19.4 Å². The van der Waals surface area contributed by atoms with Gasteiger partial charge in [0.2, 0.25) is 11.8 Å². The second-order valence-electron chi connectivity index (χ2n) is 10.3. The molecule has 2 aliphatic heterocycles. The number of anilines is 1. The highest BCUT2D eigenvalue weighted by molar-refractivity contribution is 6.06. The van der Waals surface area contributed by atoms with Crippen molar-refractivity contribution >= 4 is 23.5 Å². The van der Waals surface area contributed by atoms with E-state index in [-0.39, 0.29) is 29.7 Å². The SMILES string of the molecule is CCN1C(=O)[C@@H](NC(=O)c2cnc3c(c2)C[C@@]2(C3)C(=O)Nc3ncccc32)C[C@@H](c2ccccc2)[C@H]1C. The maximum absolute atomic E-state index is 13.3. The molecule has 1 fully saturated rings. The van der Waals surface area contributed by atoms with Crippen LogP contribution in [0, 0.1) is 0 Å². The molecule has 3 aliphatic rings. The topological polar surface area (TPSA) is 104 Å². The summed E-state index contributed by atoms with van der Waals surface area (Å²) in [4.78, 5) is 50.3. The van der Waals surface area contributed by atoms with Crippen LogP contribution in [0.4, 0.5) is 5.82 Å². The lowest BCUT2D eigenvalue weighted by molar-refractivity contribution is -0.139. The maximum atomic E-state index is 13.3. The summed E-state index contributed by atoms with van der Waals surface area (Å²) in [6, 6.07) is 15.2. The summed E-state index contributed by atoms with van der Waals surface area (Å²) in [5, 5.41) is 5.88. The third-order valence-corrected chi connectivity index (χ3v) is 8.29. The molecule has 3 amide bonds. The fourth-order valence-electron chi connectivity index (χ4n) is 6.33. The summed E-state index contributed by atoms with van der Waals surface area (Å²) >= 11 is 0. The fraction of sp³-hybridized carbons (Fsp3) is 0.345. The molecule has 0 saturated carbocycles. The number of pyridine rings is 2. The number of likely N-dealkylation sites (tertiary alicyclic amines) is 1. The minimum atomic E-state index is -0.742. The van der Waals surface area contributed by atoms with Crippen molar-refractivity contribution in [1.82, 2.24) is 20.2 Å². The van der Waals surface area contributed by atoms with Crippen molar-refractivity contribution in [2.75, 3.05) is 11.9 Å². The van der Waals surface area contributed by atoms with Crippen LogP contribution in [0.3, 0.4) is 0 Å². The monoisotopic (exact) mass is 495 g/mol. The number of hydrogen-bond donors (Lipinski definition) is 2. The van der Waals surface area contributed by atoms with E-state index in [9.17, 15) is 14.4 Å². The van der Waals surface area contributed by atoms with Gasteiger partial charge in [0.1, 0.15) is 11.9 Å². The minimum Gasteiger partial charge on any atom is -0.340 e. The van der Waals surface area contributed by atoms with Gasteiger partial charge < -0.3 is 15.5 Å². The molecule has 2 aromatic heterocycles. The van der Waals surface area contributed by atoms with Gasteiger partial charge >= 0.3 is 0 Å². The van der Waals surface area contributed by atoms with Crippen molar-refractivity contribution in [2.45, 2.75) is 56.5 Å². The molecule has 4 heterocycles. The summed E-state index contributed by atoms with van der Waals surface area (Å²) in [6.07, 6.45) is 4.68. The number of nitrogens with one attached hydrogen (secondary N) is 2. The lowest BCUT2D eigenvalue weighted by atomic mass is 9.80. The summed E-state index contributed by atoms with van der Waals surface area (Å²) in [5.41, 5.74) is 3.37. The van der Waals surface area contributed by atoms with E-state index in [1.165, 1.54) is 0 Å². The maximum Gasteiger partial charge on any atom is 0.253 e. The van der Waals surface area contributed by atoms with Gasteiger partial charge in [-0.1, -0.05) is 36.4 Å². The van der Waals surface area contributed by atoms with Crippen LogP contribution in [0.25, 0.3) is 0 Å². The van der Waals surface area contributed by atoms with Crippen LogP contribution in [0.5, 0.6) is 0 Å². The first-order valence-corrected chi connectivity index (χ1v) is 12.8. The highest BCUT2D eigenvalue weighted by Crippen LogP contribution is 2.46. The zero-order chi connectivity index (χ0) is 25.7. The Labute approximate surface area is 215 Å². The Bertz CT molecular complexity index is 1410. The number of aromatic nitrogens is 2. The molecule has 4 atom stereocenters. The Morgan fingerprint density at radius 2 is 1.95 bits per heavy atom. The minimum absolute atomic E-state index is 0.0424. The van der Waals surface area contributed by atoms with Gasteiger partial charge in [-0.25, -0.2) is 4.98 Å². The van der Waals surface area contributed by atoms with Crippen LogP contribution in [-0.2, 0) is 27.8 Å². The molecule has 8 heteroatoms. The molecule has 0 unspecified atom stereocenters. The Morgan fingerprint density at radius 1 is 1.14 bits per heavy atom. The molecule has 8 nitrogen and oxygen atoms in total. The van der Waals surface area contributed by atoms with Gasteiger partial charge in [-0.2, -0.15) is 0 Å². The van der Waals surface area contributed by atoms with E-state index in [0.717, 1.165) is 22.4 Å². The van der Waals surface area contributed by atoms with Crippen LogP contribution < -0.4 is 10.6 Å². The Morgan fingerprint density at radius 3 is 2.73 bits per heavy atom. The predicted octanol–water partition coefficient (Wildman–Crippen LogP) is 2.99. The lowest BCUT2D eigenvalue weighted by Gasteiger charge is -2.42. The number of rotatable bonds is 4. The zero-order valence-corrected chi connectivity index (χ0v) is 20.9. The second-order valence-corrected chi connectivity index (χ2v) is 10.3. The van der Waals surface area contributed by atoms with Crippen LogP contribution in [0.15, 0.2) is 60.9 Å². The van der Waals surface area contributed by atoms with E-state index >= 15 is 0 Å². The van der Waals surface area contributed by atoms with E-state index in [2.05, 4.69) is 39.7 Å². The van der Waals surface area contributed by atoms with E-state index in [0.29, 0.717) is 37.2 Å². The molecule has 188 valence electrons. The molecule has 0 bridgehead atoms. The standard InChI is InChI=1S/C29H29N5O3/c1-3-34-17(2)21(18-8-5-4-6-9-18)13-23(27(34)36)32-26(35)20-12-19-14-29(15-24(19)31-16-20)22-10-7-11-30-25(22)33-28(29)37/h4-12,16-17,21,23H,3,13-15H2,1-2H3,(H,32,35)(H,30,33,37)/t17-,21-,23+,29+/m1/s1. The van der Waals surface area contributed by atoms with Gasteiger partial charge in [-0.05, 0) is 49.9 Å². The summed E-state index contributed by atoms with van der Waals surface area (Å²) in [6.45, 7) is 4.62. The molecule has 0 radical (unpaired) electrons. The largest absolute Gasteiger partial charge is 0.340 e. The molecule has 1 aliphatic carbocycles. The van der Waals surface area contributed by atoms with Gasteiger partial charge in [0.15, 0.2) is 0 Å². The Hall–Kier alpha value is -4.07. The third-order valence-electron chi connectivity index (χ3n) is 8.29. The van der Waals surface area contributed by atoms with Crippen molar-refractivity contribution in [1.29, 1.82) is 0 Å². The third kappa shape index (κ3) is 3.70. The number of hydrogen-bond acceptors (Lipinski definition) is 5. The number of carbonyl (C=O) groups excluding carboxylic acids is 3. The van der Waals surface area contributed by atoms with Gasteiger partial charge in [0.05, 0.1) is 11.0 Å². The second kappa shape index (κ2) is 8.80. The Balaban J connectivity index is 1.23. The molecular formula is C29H29N5O3. The van der Waals surface area contributed by atoms with Gasteiger partial charge in [0.25, 0.3) is 5.91 Å². The normalized spacial score (nSPS) is 26.1. The average molecular weight is 496 g/mol. The van der Waals surface area contributed by atoms with E-state index in [4.69, 9.17) is 0 Å². The van der Waals surface area contributed by atoms with E-state index in [1.807, 2.05) is 48.2 Å². The number of piperidine rings is 1. The van der Waals surface area contributed by atoms with Crippen molar-refractivity contribution < 1.29 is 14.4 Å². The fourth-order valence-corrected chi connectivity index (χ4v) is 6.33. The summed E-state index contributed by atoms with van der Waals surface area (Å²) < 4.78 is 0. The van der Waals surface area contributed by atoms with Gasteiger partial charge in [0, 0.05) is 48.6 Å². The molecule has 1 aromatic carbocycles. The predicted molar refractivity (Wildman–Crippen MR) is 138 cm³/mol. The van der Waals surface area contributed by atoms with E-state index in [1.54, 1.807) is 12.4 Å². The highest BCUT2D eigenvalue weighted by atomic mass is 16.2. The van der Waals surface area contributed by atoms with Crippen LogP contribution >= 0.6 is 0 Å². The van der Waals surface area contributed by atoms with Gasteiger partial charge in [-0.15, -0.1) is 0 Å². The highest BCUT2D eigenvalue weighted by Gasteiger charge is 2.51. The zero-order valence-electron chi connectivity index (χ0n) is 20.9. The first-order valence-electron chi connectivity index (χ1n) is 12.8. The summed E-state index contributed by atoms with van der Waals surface area (Å²) in [5.74, 6) is 0.243. The Kier molecular flexibility index (Phi) is 5.55. The smallest absolute Gasteiger partial charge is 0.253 e. The molecule has 6 rings (SSSR count). The number of likely N-dealkylation sites (N-methyl/N-ethyl adjacent to an activating group) is 1. The molecule has 3 aromatic rings. The number of nitrogens with zero attached hydrogens (tertiary/aromatic N) is 3. The number of amides is 3. The van der Waals surface area contributed by atoms with Crippen LogP contribution in [0.2, 0.25) is 0 Å². The lowest BCUT2D eigenvalue weighted by Crippen LogP contribution is -2.57. The van der Waals surface area contributed by atoms with Crippen molar-refractivity contribution in [3.63, 3.8) is 0 Å². The first-order chi connectivity index (χ1) is 17.9. The molecule has 1 saturated heterocycles. The quantitative estimate of drug-likeness (QED) is 0.579. The molecule has 2 N–H and O–H groups in total. The van der Waals surface area contributed by atoms with Crippen LogP contribution in [-0.4, -0.2) is 51.2 Å². The summed E-state index contributed by atoms with van der Waals surface area (Å²) in [7, 11) is 0. The van der Waals surface area contributed by atoms with E-state index < -0.39 is 11.5 Å². The molecule has 37 heavy (non-hydrogen) atoms. The number of fused-ring (bicyclic) bond motifs is 3. The molecular weight excluding hydrogens is 466 g/mol. The van der Waals surface area contributed by atoms with Crippen molar-refractivity contribution in [2.24, 2.45) is 0 Å². The molecule has 1 spiro atoms. The number of carbonyl (C=O) groups is 3. The average Bonchev–Trinajstić information content (AvgIpc) is 3.43.